The molecular formula is C25H25F3N6O3. The molecular weight excluding hydrogens is 489 g/mol. The minimum atomic E-state index is -4.97. The zero-order valence-corrected chi connectivity index (χ0v) is 19.9. The average molecular weight is 515 g/mol. The van der Waals surface area contributed by atoms with E-state index in [2.05, 4.69) is 31.2 Å². The molecule has 3 aromatic rings. The van der Waals surface area contributed by atoms with Gasteiger partial charge in [-0.05, 0) is 12.1 Å². The Bertz CT molecular complexity index is 1230. The van der Waals surface area contributed by atoms with Gasteiger partial charge in [-0.25, -0.2) is 9.97 Å². The number of aromatic nitrogens is 2. The lowest BCUT2D eigenvalue weighted by atomic mass is 10.1. The van der Waals surface area contributed by atoms with Crippen LogP contribution in [0.15, 0.2) is 60.7 Å². The smallest absolute Gasteiger partial charge is 0.368 e. The summed E-state index contributed by atoms with van der Waals surface area (Å²) in [5.41, 5.74) is 0.389. The first-order valence-corrected chi connectivity index (χ1v) is 11.3. The van der Waals surface area contributed by atoms with Crippen LogP contribution in [0.5, 0.6) is 0 Å². The normalized spacial score (nSPS) is 10.9. The molecule has 0 unspecified atom stereocenters. The van der Waals surface area contributed by atoms with Crippen molar-refractivity contribution in [3.8, 4) is 11.4 Å². The molecule has 0 spiro atoms. The molecule has 1 heterocycles. The first-order valence-electron chi connectivity index (χ1n) is 11.3. The Labute approximate surface area is 210 Å². The summed E-state index contributed by atoms with van der Waals surface area (Å²) in [5, 5.41) is 11.6. The van der Waals surface area contributed by atoms with Crippen molar-refractivity contribution in [2.75, 3.05) is 36.8 Å². The Morgan fingerprint density at radius 1 is 0.757 bits per heavy atom. The molecule has 1 aromatic heterocycles. The van der Waals surface area contributed by atoms with Crippen molar-refractivity contribution in [2.45, 2.75) is 13.1 Å². The Kier molecular flexibility index (Phi) is 9.14. The fraction of sp³-hybridized carbons (Fsp3) is 0.240. The van der Waals surface area contributed by atoms with Gasteiger partial charge in [0.1, 0.15) is 11.6 Å². The minimum absolute atomic E-state index is 0.123. The van der Waals surface area contributed by atoms with Crippen molar-refractivity contribution in [3.05, 3.63) is 71.8 Å². The van der Waals surface area contributed by atoms with Gasteiger partial charge < -0.3 is 21.3 Å². The van der Waals surface area contributed by atoms with Crippen LogP contribution in [-0.2, 0) is 4.79 Å². The van der Waals surface area contributed by atoms with E-state index in [0.717, 1.165) is 29.8 Å². The molecule has 4 N–H and O–H groups in total. The van der Waals surface area contributed by atoms with Gasteiger partial charge >= 0.3 is 6.18 Å². The van der Waals surface area contributed by atoms with Crippen molar-refractivity contribution in [1.29, 1.82) is 0 Å². The van der Waals surface area contributed by atoms with E-state index >= 15 is 0 Å². The van der Waals surface area contributed by atoms with Gasteiger partial charge in [0.2, 0.25) is 5.91 Å². The molecule has 0 saturated heterocycles. The van der Waals surface area contributed by atoms with Gasteiger partial charge in [-0.1, -0.05) is 42.5 Å². The van der Waals surface area contributed by atoms with Gasteiger partial charge in [-0.15, -0.1) is 0 Å². The Morgan fingerprint density at radius 3 is 1.84 bits per heavy atom. The molecule has 194 valence electrons. The van der Waals surface area contributed by atoms with E-state index in [0.29, 0.717) is 37.1 Å². The number of ketones is 1. The van der Waals surface area contributed by atoms with E-state index in [1.165, 1.54) is 6.92 Å². The topological polar surface area (TPSA) is 125 Å². The lowest BCUT2D eigenvalue weighted by Crippen LogP contribution is -2.29. The monoisotopic (exact) mass is 514 g/mol. The van der Waals surface area contributed by atoms with Crippen molar-refractivity contribution >= 4 is 29.2 Å². The SMILES string of the molecule is CC(=O)NCCNc1cc(NCCNC(=O)c2ccc(C(=O)C(F)(F)F)cc2)nc(-c2ccccc2)n1. The summed E-state index contributed by atoms with van der Waals surface area (Å²) in [6.45, 7) is 2.79. The highest BCUT2D eigenvalue weighted by atomic mass is 19.4. The molecule has 0 fully saturated rings. The maximum atomic E-state index is 12.5. The van der Waals surface area contributed by atoms with Crippen LogP contribution in [0.3, 0.4) is 0 Å². The number of Topliss-reactive ketones (excluding diaryl/α,β-unsaturated/α-hetero) is 1. The Morgan fingerprint density at radius 2 is 1.30 bits per heavy atom. The van der Waals surface area contributed by atoms with E-state index in [-0.39, 0.29) is 18.0 Å². The number of hydrogen-bond donors (Lipinski definition) is 4. The molecule has 37 heavy (non-hydrogen) atoms. The maximum absolute atomic E-state index is 12.5. The van der Waals surface area contributed by atoms with Crippen LogP contribution in [0, 0.1) is 0 Å². The fourth-order valence-corrected chi connectivity index (χ4v) is 3.18. The highest BCUT2D eigenvalue weighted by molar-refractivity contribution is 6.01. The summed E-state index contributed by atoms with van der Waals surface area (Å²) < 4.78 is 37.6. The number of nitrogens with zero attached hydrogens (tertiary/aromatic N) is 2. The number of halogens is 3. The molecule has 9 nitrogen and oxygen atoms in total. The van der Waals surface area contributed by atoms with Crippen LogP contribution >= 0.6 is 0 Å². The molecule has 0 saturated carbocycles. The molecule has 0 aliphatic rings. The molecule has 0 radical (unpaired) electrons. The van der Waals surface area contributed by atoms with Crippen LogP contribution in [0.4, 0.5) is 24.8 Å². The summed E-state index contributed by atoms with van der Waals surface area (Å²) in [7, 11) is 0. The zero-order chi connectivity index (χ0) is 26.8. The van der Waals surface area contributed by atoms with Gasteiger partial charge in [0.15, 0.2) is 5.82 Å². The van der Waals surface area contributed by atoms with Gasteiger partial charge in [0, 0.05) is 55.9 Å². The molecule has 2 aromatic carbocycles. The van der Waals surface area contributed by atoms with Crippen LogP contribution < -0.4 is 21.3 Å². The van der Waals surface area contributed by atoms with E-state index in [1.807, 2.05) is 30.3 Å². The second-order valence-corrected chi connectivity index (χ2v) is 7.82. The van der Waals surface area contributed by atoms with Crippen LogP contribution in [0.25, 0.3) is 11.4 Å². The zero-order valence-electron chi connectivity index (χ0n) is 19.9. The van der Waals surface area contributed by atoms with Gasteiger partial charge in [0.25, 0.3) is 11.7 Å². The molecule has 12 heteroatoms. The number of rotatable bonds is 11. The van der Waals surface area contributed by atoms with E-state index in [9.17, 15) is 27.6 Å². The predicted octanol–water partition coefficient (Wildman–Crippen LogP) is 3.28. The van der Waals surface area contributed by atoms with Gasteiger partial charge in [-0.3, -0.25) is 14.4 Å². The van der Waals surface area contributed by atoms with Crippen molar-refractivity contribution in [3.63, 3.8) is 0 Å². The Balaban J connectivity index is 1.58. The predicted molar refractivity (Wildman–Crippen MR) is 132 cm³/mol. The summed E-state index contributed by atoms with van der Waals surface area (Å²) in [6.07, 6.45) is -4.97. The molecule has 0 bridgehead atoms. The second-order valence-electron chi connectivity index (χ2n) is 7.82. The van der Waals surface area contributed by atoms with Crippen molar-refractivity contribution in [1.82, 2.24) is 20.6 Å². The summed E-state index contributed by atoms with van der Waals surface area (Å²) in [5.74, 6) is -1.08. The summed E-state index contributed by atoms with van der Waals surface area (Å²) >= 11 is 0. The number of alkyl halides is 3. The lowest BCUT2D eigenvalue weighted by molar-refractivity contribution is -0.118. The largest absolute Gasteiger partial charge is 0.454 e. The number of hydrogen-bond acceptors (Lipinski definition) is 7. The molecule has 2 amide bonds. The standard InChI is InChI=1S/C25H25F3N6O3/c1-16(35)29-11-12-30-20-15-21(34-23(33-20)18-5-3-2-4-6-18)31-13-14-32-24(37)19-9-7-17(8-10-19)22(36)25(26,27)28/h2-10,15H,11-14H2,1H3,(H,29,35)(H,32,37)(H2,30,31,33,34). The third-order valence-corrected chi connectivity index (χ3v) is 4.95. The van der Waals surface area contributed by atoms with E-state index in [4.69, 9.17) is 0 Å². The lowest BCUT2D eigenvalue weighted by Gasteiger charge is -2.12. The number of carbonyl (C=O) groups is 3. The van der Waals surface area contributed by atoms with Crippen molar-refractivity contribution < 1.29 is 27.6 Å². The first kappa shape index (κ1) is 27.1. The molecule has 0 atom stereocenters. The number of carbonyl (C=O) groups excluding carboxylic acids is 3. The average Bonchev–Trinajstić information content (AvgIpc) is 2.88. The highest BCUT2D eigenvalue weighted by Crippen LogP contribution is 2.22. The Hall–Kier alpha value is -4.48. The van der Waals surface area contributed by atoms with Crippen LogP contribution in [-0.4, -0.2) is 59.9 Å². The number of nitrogens with one attached hydrogen (secondary N) is 4. The third kappa shape index (κ3) is 8.30. The van der Waals surface area contributed by atoms with Crippen LogP contribution in [0.2, 0.25) is 0 Å². The number of amides is 2. The fourth-order valence-electron chi connectivity index (χ4n) is 3.18. The highest BCUT2D eigenvalue weighted by Gasteiger charge is 2.39. The minimum Gasteiger partial charge on any atom is -0.368 e. The molecule has 0 aliphatic heterocycles. The van der Waals surface area contributed by atoms with E-state index in [1.54, 1.807) is 6.07 Å². The summed E-state index contributed by atoms with van der Waals surface area (Å²) in [4.78, 5) is 43.7. The molecule has 3 rings (SSSR count). The molecule has 0 aliphatic carbocycles. The van der Waals surface area contributed by atoms with Crippen molar-refractivity contribution in [2.24, 2.45) is 0 Å². The van der Waals surface area contributed by atoms with E-state index < -0.39 is 23.4 Å². The van der Waals surface area contributed by atoms with Crippen LogP contribution in [0.1, 0.15) is 27.6 Å². The third-order valence-electron chi connectivity index (χ3n) is 4.95. The number of anilines is 2. The maximum Gasteiger partial charge on any atom is 0.454 e. The quantitative estimate of drug-likeness (QED) is 0.229. The van der Waals surface area contributed by atoms with Gasteiger partial charge in [0.05, 0.1) is 0 Å². The number of benzene rings is 2. The summed E-state index contributed by atoms with van der Waals surface area (Å²) in [6, 6.07) is 15.3. The van der Waals surface area contributed by atoms with Gasteiger partial charge in [-0.2, -0.15) is 13.2 Å². The first-order chi connectivity index (χ1) is 17.6. The second kappa shape index (κ2) is 12.5.